The van der Waals surface area contributed by atoms with E-state index in [2.05, 4.69) is 10.3 Å². The van der Waals surface area contributed by atoms with Crippen molar-refractivity contribution in [1.29, 1.82) is 0 Å². The van der Waals surface area contributed by atoms with Crippen molar-refractivity contribution in [2.45, 2.75) is 26.8 Å². The number of likely N-dealkylation sites (N-methyl/N-ethyl adjacent to an activating group) is 1. The third-order valence-electron chi connectivity index (χ3n) is 2.35. The highest BCUT2D eigenvalue weighted by Crippen LogP contribution is 2.12. The molecule has 0 aliphatic carbocycles. The zero-order valence-electron chi connectivity index (χ0n) is 11.5. The van der Waals surface area contributed by atoms with Gasteiger partial charge in [0.05, 0.1) is 6.54 Å². The molecule has 5 nitrogen and oxygen atoms in total. The van der Waals surface area contributed by atoms with Gasteiger partial charge < -0.3 is 10.2 Å². The molecule has 0 saturated heterocycles. The van der Waals surface area contributed by atoms with Gasteiger partial charge in [0.15, 0.2) is 0 Å². The van der Waals surface area contributed by atoms with Crippen molar-refractivity contribution in [3.63, 3.8) is 0 Å². The van der Waals surface area contributed by atoms with Gasteiger partial charge in [-0.1, -0.05) is 11.6 Å². The summed E-state index contributed by atoms with van der Waals surface area (Å²) in [5, 5.41) is 3.00. The summed E-state index contributed by atoms with van der Waals surface area (Å²) in [6.07, 6.45) is 0. The molecule has 104 valence electrons. The maximum Gasteiger partial charge on any atom is 0.254 e. The summed E-state index contributed by atoms with van der Waals surface area (Å²) in [5.41, 5.74) is 1.09. The fourth-order valence-electron chi connectivity index (χ4n) is 1.63. The van der Waals surface area contributed by atoms with Crippen LogP contribution in [0, 0.1) is 6.92 Å². The molecule has 2 amide bonds. The Bertz CT molecular complexity index is 469. The van der Waals surface area contributed by atoms with Crippen LogP contribution in [-0.2, 0) is 4.79 Å². The maximum atomic E-state index is 12.1. The van der Waals surface area contributed by atoms with Gasteiger partial charge in [0.25, 0.3) is 5.91 Å². The summed E-state index contributed by atoms with van der Waals surface area (Å²) >= 11 is 5.81. The number of aryl methyl sites for hydroxylation is 1. The zero-order valence-corrected chi connectivity index (χ0v) is 12.3. The third-order valence-corrected chi connectivity index (χ3v) is 2.54. The van der Waals surface area contributed by atoms with E-state index in [0.29, 0.717) is 11.3 Å². The molecule has 1 rings (SSSR count). The number of carbonyl (C=O) groups excluding carboxylic acids is 2. The number of carbonyl (C=O) groups is 2. The van der Waals surface area contributed by atoms with E-state index in [1.807, 2.05) is 13.8 Å². The monoisotopic (exact) mass is 283 g/mol. The number of amides is 2. The summed E-state index contributed by atoms with van der Waals surface area (Å²) in [4.78, 5) is 29.1. The number of pyridine rings is 1. The topological polar surface area (TPSA) is 62.3 Å². The van der Waals surface area contributed by atoms with Crippen molar-refractivity contribution >= 4 is 23.4 Å². The SMILES string of the molecule is Cc1cc(C(=O)N(C)CC(=O)NC(C)C)cc(Cl)n1. The van der Waals surface area contributed by atoms with E-state index in [0.717, 1.165) is 0 Å². The third kappa shape index (κ3) is 4.87. The van der Waals surface area contributed by atoms with Gasteiger partial charge in [0.2, 0.25) is 5.91 Å². The first-order valence-corrected chi connectivity index (χ1v) is 6.36. The smallest absolute Gasteiger partial charge is 0.254 e. The molecule has 0 aliphatic rings. The van der Waals surface area contributed by atoms with E-state index in [-0.39, 0.29) is 29.6 Å². The molecule has 6 heteroatoms. The quantitative estimate of drug-likeness (QED) is 0.855. The Balaban J connectivity index is 2.74. The number of hydrogen-bond acceptors (Lipinski definition) is 3. The lowest BCUT2D eigenvalue weighted by Crippen LogP contribution is -2.40. The summed E-state index contributed by atoms with van der Waals surface area (Å²) in [6, 6.07) is 3.19. The van der Waals surface area contributed by atoms with Crippen LogP contribution in [0.4, 0.5) is 0 Å². The van der Waals surface area contributed by atoms with E-state index >= 15 is 0 Å². The van der Waals surface area contributed by atoms with Gasteiger partial charge in [-0.3, -0.25) is 9.59 Å². The molecule has 0 unspecified atom stereocenters. The predicted molar refractivity (Wildman–Crippen MR) is 74.2 cm³/mol. The van der Waals surface area contributed by atoms with Gasteiger partial charge in [-0.15, -0.1) is 0 Å². The Hall–Kier alpha value is -1.62. The van der Waals surface area contributed by atoms with Gasteiger partial charge in [0.1, 0.15) is 5.15 Å². The molecular weight excluding hydrogens is 266 g/mol. The number of nitrogens with one attached hydrogen (secondary N) is 1. The van der Waals surface area contributed by atoms with Gasteiger partial charge in [-0.2, -0.15) is 0 Å². The second-order valence-corrected chi connectivity index (χ2v) is 5.09. The lowest BCUT2D eigenvalue weighted by Gasteiger charge is -2.18. The van der Waals surface area contributed by atoms with Crippen molar-refractivity contribution in [3.8, 4) is 0 Å². The van der Waals surface area contributed by atoms with E-state index < -0.39 is 0 Å². The van der Waals surface area contributed by atoms with Crippen molar-refractivity contribution in [2.75, 3.05) is 13.6 Å². The molecule has 0 fully saturated rings. The normalized spacial score (nSPS) is 10.4. The second-order valence-electron chi connectivity index (χ2n) is 4.70. The molecule has 1 N–H and O–H groups in total. The first-order chi connectivity index (χ1) is 8.79. The number of hydrogen-bond donors (Lipinski definition) is 1. The van der Waals surface area contributed by atoms with E-state index in [4.69, 9.17) is 11.6 Å². The van der Waals surface area contributed by atoms with Crippen LogP contribution in [0.2, 0.25) is 5.15 Å². The molecular formula is C13H18ClN3O2. The van der Waals surface area contributed by atoms with Crippen molar-refractivity contribution in [1.82, 2.24) is 15.2 Å². The molecule has 0 aliphatic heterocycles. The van der Waals surface area contributed by atoms with Gasteiger partial charge in [-0.05, 0) is 32.9 Å². The summed E-state index contributed by atoms with van der Waals surface area (Å²) in [7, 11) is 1.58. The number of halogens is 1. The summed E-state index contributed by atoms with van der Waals surface area (Å²) in [6.45, 7) is 5.50. The molecule has 0 spiro atoms. The highest BCUT2D eigenvalue weighted by atomic mass is 35.5. The fourth-order valence-corrected chi connectivity index (χ4v) is 1.88. The molecule has 19 heavy (non-hydrogen) atoms. The van der Waals surface area contributed by atoms with Crippen molar-refractivity contribution < 1.29 is 9.59 Å². The average Bonchev–Trinajstić information content (AvgIpc) is 2.25. The lowest BCUT2D eigenvalue weighted by molar-refractivity contribution is -0.122. The Kier molecular flexibility index (Phi) is 5.30. The maximum absolute atomic E-state index is 12.1. The van der Waals surface area contributed by atoms with Crippen LogP contribution in [0.1, 0.15) is 29.9 Å². The lowest BCUT2D eigenvalue weighted by atomic mass is 10.2. The van der Waals surface area contributed by atoms with E-state index in [1.54, 1.807) is 20.0 Å². The zero-order chi connectivity index (χ0) is 14.6. The number of aromatic nitrogens is 1. The summed E-state index contributed by atoms with van der Waals surface area (Å²) in [5.74, 6) is -0.450. The molecule has 0 aromatic carbocycles. The minimum atomic E-state index is -0.258. The largest absolute Gasteiger partial charge is 0.352 e. The molecule has 1 aromatic heterocycles. The van der Waals surface area contributed by atoms with Gasteiger partial charge in [-0.25, -0.2) is 4.98 Å². The number of nitrogens with zero attached hydrogens (tertiary/aromatic N) is 2. The van der Waals surface area contributed by atoms with Gasteiger partial charge in [0, 0.05) is 24.3 Å². The number of rotatable bonds is 4. The van der Waals surface area contributed by atoms with E-state index in [1.165, 1.54) is 11.0 Å². The van der Waals surface area contributed by atoms with Crippen molar-refractivity contribution in [3.05, 3.63) is 28.5 Å². The van der Waals surface area contributed by atoms with Crippen LogP contribution < -0.4 is 5.32 Å². The average molecular weight is 284 g/mol. The highest BCUT2D eigenvalue weighted by Gasteiger charge is 2.16. The first kappa shape index (κ1) is 15.4. The molecule has 0 bridgehead atoms. The van der Waals surface area contributed by atoms with Crippen LogP contribution in [0.5, 0.6) is 0 Å². The molecule has 1 aromatic rings. The van der Waals surface area contributed by atoms with Gasteiger partial charge >= 0.3 is 0 Å². The minimum Gasteiger partial charge on any atom is -0.352 e. The molecule has 0 radical (unpaired) electrons. The standard InChI is InChI=1S/C13H18ClN3O2/c1-8(2)15-12(18)7-17(4)13(19)10-5-9(3)16-11(14)6-10/h5-6,8H,7H2,1-4H3,(H,15,18). The molecule has 0 atom stereocenters. The first-order valence-electron chi connectivity index (χ1n) is 5.98. The van der Waals surface area contributed by atoms with E-state index in [9.17, 15) is 9.59 Å². The fraction of sp³-hybridized carbons (Fsp3) is 0.462. The second kappa shape index (κ2) is 6.52. The molecule has 1 heterocycles. The molecule has 0 saturated carbocycles. The van der Waals surface area contributed by atoms with Crippen LogP contribution >= 0.6 is 11.6 Å². The highest BCUT2D eigenvalue weighted by molar-refractivity contribution is 6.29. The minimum absolute atomic E-state index is 0.00992. The Morgan fingerprint density at radius 2 is 2.05 bits per heavy atom. The Morgan fingerprint density at radius 1 is 1.42 bits per heavy atom. The predicted octanol–water partition coefficient (Wildman–Crippen LogP) is 1.64. The van der Waals surface area contributed by atoms with Crippen molar-refractivity contribution in [2.24, 2.45) is 0 Å². The Morgan fingerprint density at radius 3 is 2.58 bits per heavy atom. The summed E-state index contributed by atoms with van der Waals surface area (Å²) < 4.78 is 0. The van der Waals surface area contributed by atoms with Crippen LogP contribution in [-0.4, -0.2) is 41.3 Å². The van der Waals surface area contributed by atoms with Crippen LogP contribution in [0.3, 0.4) is 0 Å². The Labute approximate surface area is 118 Å². The van der Waals surface area contributed by atoms with Crippen LogP contribution in [0.15, 0.2) is 12.1 Å². The van der Waals surface area contributed by atoms with Crippen LogP contribution in [0.25, 0.3) is 0 Å².